The van der Waals surface area contributed by atoms with E-state index < -0.39 is 0 Å². The van der Waals surface area contributed by atoms with E-state index in [9.17, 15) is 0 Å². The first-order chi connectivity index (χ1) is 7.06. The van der Waals surface area contributed by atoms with Crippen molar-refractivity contribution >= 4 is 0 Å². The first-order valence-corrected chi connectivity index (χ1v) is 5.71. The van der Waals surface area contributed by atoms with Crippen molar-refractivity contribution in [3.8, 4) is 0 Å². The molecule has 1 unspecified atom stereocenters. The average molecular weight is 210 g/mol. The second-order valence-electron chi connectivity index (χ2n) is 4.49. The monoisotopic (exact) mass is 210 g/mol. The zero-order chi connectivity index (χ0) is 11.4. The highest BCUT2D eigenvalue weighted by Gasteiger charge is 2.16. The molecule has 1 heterocycles. The molecule has 0 spiro atoms. The smallest absolute Gasteiger partial charge is 0.149 e. The van der Waals surface area contributed by atoms with Gasteiger partial charge in [-0.1, -0.05) is 20.8 Å². The fourth-order valence-corrected chi connectivity index (χ4v) is 1.78. The van der Waals surface area contributed by atoms with E-state index in [1.54, 1.807) is 0 Å². The van der Waals surface area contributed by atoms with Crippen molar-refractivity contribution in [2.75, 3.05) is 0 Å². The molecular weight excluding hydrogens is 188 g/mol. The van der Waals surface area contributed by atoms with Gasteiger partial charge in [0.2, 0.25) is 0 Å². The number of hydrogen-bond donors (Lipinski definition) is 1. The Morgan fingerprint density at radius 3 is 2.53 bits per heavy atom. The maximum atomic E-state index is 6.12. The quantitative estimate of drug-likeness (QED) is 0.809. The molecule has 0 saturated carbocycles. The number of rotatable bonds is 5. The van der Waals surface area contributed by atoms with Gasteiger partial charge in [0.25, 0.3) is 0 Å². The summed E-state index contributed by atoms with van der Waals surface area (Å²) in [5.74, 6) is 2.49. The summed E-state index contributed by atoms with van der Waals surface area (Å²) in [5.41, 5.74) is 6.12. The van der Waals surface area contributed by atoms with Crippen molar-refractivity contribution in [1.82, 2.24) is 14.8 Å². The maximum absolute atomic E-state index is 6.12. The Hall–Kier alpha value is -0.900. The second kappa shape index (κ2) is 5.26. The van der Waals surface area contributed by atoms with E-state index in [4.69, 9.17) is 5.73 Å². The molecule has 0 aliphatic carbocycles. The molecule has 1 rings (SSSR count). The number of aryl methyl sites for hydroxylation is 1. The van der Waals surface area contributed by atoms with Gasteiger partial charge in [-0.05, 0) is 25.7 Å². The van der Waals surface area contributed by atoms with Gasteiger partial charge in [-0.2, -0.15) is 0 Å². The van der Waals surface area contributed by atoms with Gasteiger partial charge >= 0.3 is 0 Å². The van der Waals surface area contributed by atoms with Gasteiger partial charge < -0.3 is 10.3 Å². The van der Waals surface area contributed by atoms with Gasteiger partial charge in [0.1, 0.15) is 11.6 Å². The van der Waals surface area contributed by atoms with Crippen LogP contribution in [-0.4, -0.2) is 14.8 Å². The van der Waals surface area contributed by atoms with Crippen molar-refractivity contribution in [3.63, 3.8) is 0 Å². The third kappa shape index (κ3) is 3.02. The van der Waals surface area contributed by atoms with Gasteiger partial charge in [0.15, 0.2) is 0 Å². The van der Waals surface area contributed by atoms with E-state index in [0.717, 1.165) is 31.0 Å². The number of hydrogen-bond acceptors (Lipinski definition) is 3. The summed E-state index contributed by atoms with van der Waals surface area (Å²) in [7, 11) is 0. The van der Waals surface area contributed by atoms with Crippen LogP contribution in [0.1, 0.15) is 51.3 Å². The summed E-state index contributed by atoms with van der Waals surface area (Å²) >= 11 is 0. The van der Waals surface area contributed by atoms with Crippen LogP contribution < -0.4 is 5.73 Å². The van der Waals surface area contributed by atoms with Gasteiger partial charge in [0.05, 0.1) is 6.04 Å². The van der Waals surface area contributed by atoms with Crippen LogP contribution in [0.4, 0.5) is 0 Å². The largest absolute Gasteiger partial charge is 0.321 e. The van der Waals surface area contributed by atoms with Crippen molar-refractivity contribution in [2.45, 2.75) is 53.1 Å². The lowest BCUT2D eigenvalue weighted by Gasteiger charge is -2.15. The average Bonchev–Trinajstić information content (AvgIpc) is 2.48. The van der Waals surface area contributed by atoms with E-state index in [-0.39, 0.29) is 6.04 Å². The van der Waals surface area contributed by atoms with Crippen molar-refractivity contribution in [2.24, 2.45) is 11.7 Å². The van der Waals surface area contributed by atoms with Gasteiger partial charge in [-0.3, -0.25) is 0 Å². The molecule has 4 nitrogen and oxygen atoms in total. The van der Waals surface area contributed by atoms with Crippen LogP contribution in [0.15, 0.2) is 0 Å². The van der Waals surface area contributed by atoms with Crippen LogP contribution in [-0.2, 0) is 6.54 Å². The van der Waals surface area contributed by atoms with Gasteiger partial charge in [-0.15, -0.1) is 10.2 Å². The molecule has 1 aromatic rings. The summed E-state index contributed by atoms with van der Waals surface area (Å²) in [4.78, 5) is 0. The molecule has 0 fully saturated rings. The van der Waals surface area contributed by atoms with Crippen molar-refractivity contribution in [3.05, 3.63) is 11.6 Å². The van der Waals surface area contributed by atoms with Gasteiger partial charge in [0, 0.05) is 6.54 Å². The zero-order valence-electron chi connectivity index (χ0n) is 10.2. The van der Waals surface area contributed by atoms with Crippen LogP contribution in [0.5, 0.6) is 0 Å². The third-order valence-corrected chi connectivity index (χ3v) is 2.47. The first kappa shape index (κ1) is 12.2. The molecule has 4 heteroatoms. The maximum Gasteiger partial charge on any atom is 0.149 e. The molecule has 0 radical (unpaired) electrons. The summed E-state index contributed by atoms with van der Waals surface area (Å²) < 4.78 is 2.13. The lowest BCUT2D eigenvalue weighted by atomic mass is 10.0. The molecule has 0 bridgehead atoms. The molecule has 0 aromatic carbocycles. The van der Waals surface area contributed by atoms with Crippen LogP contribution in [0, 0.1) is 12.8 Å². The second-order valence-corrected chi connectivity index (χ2v) is 4.49. The number of nitrogens with two attached hydrogens (primary N) is 1. The van der Waals surface area contributed by atoms with Crippen LogP contribution in [0.2, 0.25) is 0 Å². The molecule has 0 amide bonds. The molecule has 0 aliphatic rings. The van der Waals surface area contributed by atoms with Gasteiger partial charge in [-0.25, -0.2) is 0 Å². The van der Waals surface area contributed by atoms with E-state index in [1.807, 2.05) is 6.92 Å². The Bertz CT molecular complexity index is 304. The van der Waals surface area contributed by atoms with E-state index in [2.05, 4.69) is 35.5 Å². The predicted molar refractivity (Wildman–Crippen MR) is 61.4 cm³/mol. The summed E-state index contributed by atoms with van der Waals surface area (Å²) in [6.07, 6.45) is 2.04. The molecule has 0 saturated heterocycles. The van der Waals surface area contributed by atoms with Crippen molar-refractivity contribution < 1.29 is 0 Å². The Balaban J connectivity index is 2.83. The first-order valence-electron chi connectivity index (χ1n) is 5.71. The van der Waals surface area contributed by atoms with Crippen molar-refractivity contribution in [1.29, 1.82) is 0 Å². The van der Waals surface area contributed by atoms with Crippen LogP contribution >= 0.6 is 0 Å². The predicted octanol–water partition coefficient (Wildman–Crippen LogP) is 2.04. The lowest BCUT2D eigenvalue weighted by molar-refractivity contribution is 0.470. The zero-order valence-corrected chi connectivity index (χ0v) is 10.2. The highest BCUT2D eigenvalue weighted by Crippen LogP contribution is 2.18. The molecule has 15 heavy (non-hydrogen) atoms. The topological polar surface area (TPSA) is 56.7 Å². The minimum absolute atomic E-state index is 0.0118. The van der Waals surface area contributed by atoms with E-state index >= 15 is 0 Å². The Labute approximate surface area is 91.9 Å². The third-order valence-electron chi connectivity index (χ3n) is 2.47. The highest BCUT2D eigenvalue weighted by atomic mass is 15.3. The Morgan fingerprint density at radius 2 is 2.00 bits per heavy atom. The fraction of sp³-hybridized carbons (Fsp3) is 0.818. The molecular formula is C11H22N4. The standard InChI is InChI=1S/C11H22N4/c1-5-6-15-9(4)13-14-11(15)10(12)7-8(2)3/h8,10H,5-7,12H2,1-4H3. The fourth-order valence-electron chi connectivity index (χ4n) is 1.78. The Morgan fingerprint density at radius 1 is 1.33 bits per heavy atom. The molecule has 1 aromatic heterocycles. The molecule has 86 valence electrons. The van der Waals surface area contributed by atoms with Crippen LogP contribution in [0.25, 0.3) is 0 Å². The molecule has 1 atom stereocenters. The molecule has 0 aliphatic heterocycles. The number of aromatic nitrogens is 3. The van der Waals surface area contributed by atoms with Crippen LogP contribution in [0.3, 0.4) is 0 Å². The number of nitrogens with zero attached hydrogens (tertiary/aromatic N) is 3. The summed E-state index contributed by atoms with van der Waals surface area (Å²) in [6.45, 7) is 9.44. The van der Waals surface area contributed by atoms with E-state index in [1.165, 1.54) is 0 Å². The summed E-state index contributed by atoms with van der Waals surface area (Å²) in [5, 5.41) is 8.27. The lowest BCUT2D eigenvalue weighted by Crippen LogP contribution is -2.19. The minimum Gasteiger partial charge on any atom is -0.321 e. The normalized spacial score (nSPS) is 13.5. The Kier molecular flexibility index (Phi) is 4.27. The molecule has 2 N–H and O–H groups in total. The van der Waals surface area contributed by atoms with E-state index in [0.29, 0.717) is 5.92 Å². The minimum atomic E-state index is 0.0118. The highest BCUT2D eigenvalue weighted by molar-refractivity contribution is 4.99. The summed E-state index contributed by atoms with van der Waals surface area (Å²) in [6, 6.07) is 0.0118. The SMILES string of the molecule is CCCn1c(C)nnc1C(N)CC(C)C.